The monoisotopic (exact) mass is 433 g/mol. The number of rotatable bonds is 4. The number of hydrogen-bond donors (Lipinski definition) is 2. The number of aryl methyl sites for hydroxylation is 1. The number of imide groups is 1. The molecule has 2 rings (SSSR count). The van der Waals surface area contributed by atoms with Gasteiger partial charge in [-0.3, -0.25) is 14.9 Å². The van der Waals surface area contributed by atoms with Gasteiger partial charge in [-0.2, -0.15) is 0 Å². The third-order valence-corrected chi connectivity index (χ3v) is 4.86. The van der Waals surface area contributed by atoms with Gasteiger partial charge in [0, 0.05) is 18.8 Å². The first-order valence-electron chi connectivity index (χ1n) is 10.3. The molecule has 1 atom stereocenters. The number of urea groups is 1. The van der Waals surface area contributed by atoms with E-state index in [9.17, 15) is 19.2 Å². The van der Waals surface area contributed by atoms with E-state index in [1.54, 1.807) is 32.9 Å². The van der Waals surface area contributed by atoms with Gasteiger partial charge in [0.1, 0.15) is 5.60 Å². The van der Waals surface area contributed by atoms with Crippen molar-refractivity contribution in [1.82, 2.24) is 10.2 Å². The van der Waals surface area contributed by atoms with Crippen molar-refractivity contribution in [3.05, 3.63) is 29.3 Å². The van der Waals surface area contributed by atoms with Gasteiger partial charge < -0.3 is 19.7 Å². The van der Waals surface area contributed by atoms with Crippen molar-refractivity contribution in [2.75, 3.05) is 25.0 Å². The zero-order valence-electron chi connectivity index (χ0n) is 18.7. The molecule has 1 fully saturated rings. The summed E-state index contributed by atoms with van der Waals surface area (Å²) in [4.78, 5) is 50.0. The van der Waals surface area contributed by atoms with Crippen LogP contribution in [-0.2, 0) is 19.1 Å². The molecular formula is C22H31N3O6. The summed E-state index contributed by atoms with van der Waals surface area (Å²) in [5, 5.41) is 4.74. The number of hydrogen-bond acceptors (Lipinski definition) is 6. The molecule has 31 heavy (non-hydrogen) atoms. The normalized spacial score (nSPS) is 16.3. The Hall–Kier alpha value is -3.10. The SMILES string of the molecule is Cc1cccc(NC(=O)NC(=O)COC(=O)C2CCCN(C(=O)OC(C)(C)C)C2)c1C. The highest BCUT2D eigenvalue weighted by Crippen LogP contribution is 2.20. The maximum Gasteiger partial charge on any atom is 0.410 e. The van der Waals surface area contributed by atoms with E-state index in [0.717, 1.165) is 11.1 Å². The van der Waals surface area contributed by atoms with Crippen LogP contribution in [0.5, 0.6) is 0 Å². The molecule has 9 heteroatoms. The summed E-state index contributed by atoms with van der Waals surface area (Å²) in [5.41, 5.74) is 1.86. The fourth-order valence-corrected chi connectivity index (χ4v) is 3.12. The number of esters is 1. The molecule has 1 aliphatic rings. The number of amides is 4. The molecule has 1 heterocycles. The number of nitrogens with one attached hydrogen (secondary N) is 2. The second kappa shape index (κ2) is 10.3. The minimum atomic E-state index is -0.740. The van der Waals surface area contributed by atoms with Gasteiger partial charge >= 0.3 is 18.1 Å². The van der Waals surface area contributed by atoms with Crippen molar-refractivity contribution in [1.29, 1.82) is 0 Å². The molecule has 0 bridgehead atoms. The van der Waals surface area contributed by atoms with Gasteiger partial charge in [0.2, 0.25) is 0 Å². The summed E-state index contributed by atoms with van der Waals surface area (Å²) in [5.74, 6) is -1.87. The number of anilines is 1. The second-order valence-electron chi connectivity index (χ2n) is 8.62. The first-order chi connectivity index (χ1) is 14.5. The van der Waals surface area contributed by atoms with Gasteiger partial charge in [-0.1, -0.05) is 12.1 Å². The topological polar surface area (TPSA) is 114 Å². The molecule has 1 unspecified atom stereocenters. The summed E-state index contributed by atoms with van der Waals surface area (Å²) >= 11 is 0. The Morgan fingerprint density at radius 3 is 2.55 bits per heavy atom. The van der Waals surface area contributed by atoms with E-state index >= 15 is 0 Å². The van der Waals surface area contributed by atoms with E-state index in [-0.39, 0.29) is 6.54 Å². The minimum Gasteiger partial charge on any atom is -0.455 e. The van der Waals surface area contributed by atoms with Crippen molar-refractivity contribution < 1.29 is 28.7 Å². The molecule has 9 nitrogen and oxygen atoms in total. The van der Waals surface area contributed by atoms with E-state index < -0.39 is 42.1 Å². The number of piperidine rings is 1. The van der Waals surface area contributed by atoms with Crippen molar-refractivity contribution >= 4 is 29.7 Å². The molecule has 4 amide bonds. The number of carbonyl (C=O) groups is 4. The Morgan fingerprint density at radius 1 is 1.16 bits per heavy atom. The minimum absolute atomic E-state index is 0.169. The maximum absolute atomic E-state index is 12.3. The Labute approximate surface area is 182 Å². The lowest BCUT2D eigenvalue weighted by atomic mass is 9.98. The van der Waals surface area contributed by atoms with Crippen molar-refractivity contribution in [2.24, 2.45) is 5.92 Å². The standard InChI is InChI=1S/C22H31N3O6/c1-14-8-6-10-17(15(14)2)23-20(28)24-18(26)13-30-19(27)16-9-7-11-25(12-16)21(29)31-22(3,4)5/h6,8,10,16H,7,9,11-13H2,1-5H3,(H2,23,24,26,28). The molecule has 170 valence electrons. The molecule has 1 saturated heterocycles. The smallest absolute Gasteiger partial charge is 0.410 e. The van der Waals surface area contributed by atoms with Crippen LogP contribution in [0.3, 0.4) is 0 Å². The molecule has 0 radical (unpaired) electrons. The highest BCUT2D eigenvalue weighted by atomic mass is 16.6. The molecule has 2 N–H and O–H groups in total. The lowest BCUT2D eigenvalue weighted by Gasteiger charge is -2.33. The fourth-order valence-electron chi connectivity index (χ4n) is 3.12. The number of benzene rings is 1. The molecule has 1 aromatic rings. The van der Waals surface area contributed by atoms with Gasteiger partial charge in [-0.05, 0) is 64.7 Å². The zero-order valence-corrected chi connectivity index (χ0v) is 18.7. The average molecular weight is 434 g/mol. The molecular weight excluding hydrogens is 402 g/mol. The number of carbonyl (C=O) groups excluding carboxylic acids is 4. The van der Waals surface area contributed by atoms with Gasteiger partial charge in [0.25, 0.3) is 5.91 Å². The first kappa shape index (κ1) is 24.2. The van der Waals surface area contributed by atoms with Crippen LogP contribution in [0.4, 0.5) is 15.3 Å². The van der Waals surface area contributed by atoms with Gasteiger partial charge in [0.05, 0.1) is 5.92 Å². The van der Waals surface area contributed by atoms with Gasteiger partial charge in [0.15, 0.2) is 6.61 Å². The van der Waals surface area contributed by atoms with Crippen LogP contribution in [0.1, 0.15) is 44.7 Å². The third kappa shape index (κ3) is 7.58. The van der Waals surface area contributed by atoms with Crippen LogP contribution in [-0.4, -0.2) is 54.2 Å². The van der Waals surface area contributed by atoms with Gasteiger partial charge in [-0.15, -0.1) is 0 Å². The highest BCUT2D eigenvalue weighted by molar-refractivity contribution is 6.02. The summed E-state index contributed by atoms with van der Waals surface area (Å²) in [7, 11) is 0. The summed E-state index contributed by atoms with van der Waals surface area (Å²) in [6, 6.07) is 4.74. The number of nitrogens with zero attached hydrogens (tertiary/aromatic N) is 1. The number of ether oxygens (including phenoxy) is 2. The molecule has 0 aromatic heterocycles. The summed E-state index contributed by atoms with van der Waals surface area (Å²) in [6.45, 7) is 9.18. The first-order valence-corrected chi connectivity index (χ1v) is 10.3. The van der Waals surface area contributed by atoms with Crippen molar-refractivity contribution in [3.63, 3.8) is 0 Å². The number of likely N-dealkylation sites (tertiary alicyclic amines) is 1. The van der Waals surface area contributed by atoms with Crippen LogP contribution in [0, 0.1) is 19.8 Å². The van der Waals surface area contributed by atoms with E-state index in [1.165, 1.54) is 4.90 Å². The predicted molar refractivity (Wildman–Crippen MR) is 115 cm³/mol. The predicted octanol–water partition coefficient (Wildman–Crippen LogP) is 3.14. The largest absolute Gasteiger partial charge is 0.455 e. The maximum atomic E-state index is 12.3. The third-order valence-electron chi connectivity index (χ3n) is 4.86. The van der Waals surface area contributed by atoms with Crippen molar-refractivity contribution in [3.8, 4) is 0 Å². The van der Waals surface area contributed by atoms with E-state index in [4.69, 9.17) is 9.47 Å². The van der Waals surface area contributed by atoms with Crippen LogP contribution in [0.2, 0.25) is 0 Å². The lowest BCUT2D eigenvalue weighted by Crippen LogP contribution is -2.45. The van der Waals surface area contributed by atoms with E-state index in [0.29, 0.717) is 25.1 Å². The second-order valence-corrected chi connectivity index (χ2v) is 8.62. The molecule has 0 spiro atoms. The molecule has 1 aliphatic heterocycles. The summed E-state index contributed by atoms with van der Waals surface area (Å²) < 4.78 is 10.4. The van der Waals surface area contributed by atoms with E-state index in [1.807, 2.05) is 19.9 Å². The Morgan fingerprint density at radius 2 is 1.87 bits per heavy atom. The quantitative estimate of drug-likeness (QED) is 0.705. The Bertz CT molecular complexity index is 846. The molecule has 1 aromatic carbocycles. The highest BCUT2D eigenvalue weighted by Gasteiger charge is 2.32. The molecule has 0 aliphatic carbocycles. The van der Waals surface area contributed by atoms with Crippen LogP contribution in [0.25, 0.3) is 0 Å². The van der Waals surface area contributed by atoms with Crippen LogP contribution >= 0.6 is 0 Å². The Kier molecular flexibility index (Phi) is 8.01. The van der Waals surface area contributed by atoms with Crippen LogP contribution in [0.15, 0.2) is 18.2 Å². The van der Waals surface area contributed by atoms with Crippen LogP contribution < -0.4 is 10.6 Å². The fraction of sp³-hybridized carbons (Fsp3) is 0.545. The Balaban J connectivity index is 1.79. The van der Waals surface area contributed by atoms with Crippen molar-refractivity contribution in [2.45, 2.75) is 53.1 Å². The average Bonchev–Trinajstić information content (AvgIpc) is 2.68. The van der Waals surface area contributed by atoms with E-state index in [2.05, 4.69) is 10.6 Å². The zero-order chi connectivity index (χ0) is 23.2. The lowest BCUT2D eigenvalue weighted by molar-refractivity contribution is -0.153. The molecule has 0 saturated carbocycles. The summed E-state index contributed by atoms with van der Waals surface area (Å²) in [6.07, 6.45) is 0.696. The van der Waals surface area contributed by atoms with Gasteiger partial charge in [-0.25, -0.2) is 9.59 Å².